The fourth-order valence-electron chi connectivity index (χ4n) is 2.47. The van der Waals surface area contributed by atoms with Crippen molar-refractivity contribution >= 4 is 0 Å². The van der Waals surface area contributed by atoms with Crippen molar-refractivity contribution in [1.82, 2.24) is 0 Å². The molecule has 0 aliphatic rings. The summed E-state index contributed by atoms with van der Waals surface area (Å²) in [4.78, 5) is 0. The molecule has 0 aromatic rings. The van der Waals surface area contributed by atoms with Crippen LogP contribution in [-0.4, -0.2) is 0 Å². The Kier molecular flexibility index (Phi) is 13.6. The Morgan fingerprint density at radius 3 is 1.71 bits per heavy atom. The Morgan fingerprint density at radius 1 is 0.706 bits per heavy atom. The Bertz CT molecular complexity index is 148. The lowest BCUT2D eigenvalue weighted by molar-refractivity contribution is 0.486. The Balaban J connectivity index is 3.14. The first-order valence-electron chi connectivity index (χ1n) is 7.97. The monoisotopic (exact) mass is 238 g/mol. The minimum Gasteiger partial charge on any atom is -0.103 e. The fraction of sp³-hybridized carbons (Fsp3) is 0.882. The quantitative estimate of drug-likeness (QED) is 0.253. The maximum absolute atomic E-state index is 3.94. The molecule has 0 heterocycles. The van der Waals surface area contributed by atoms with Gasteiger partial charge in [0, 0.05) is 0 Å². The van der Waals surface area contributed by atoms with Crippen LogP contribution in [0.1, 0.15) is 90.9 Å². The highest BCUT2D eigenvalue weighted by molar-refractivity contribution is 4.78. The van der Waals surface area contributed by atoms with Gasteiger partial charge in [-0.1, -0.05) is 84.1 Å². The second-order valence-electron chi connectivity index (χ2n) is 5.40. The third-order valence-corrected chi connectivity index (χ3v) is 3.67. The van der Waals surface area contributed by atoms with E-state index in [-0.39, 0.29) is 0 Å². The van der Waals surface area contributed by atoms with Crippen molar-refractivity contribution in [2.24, 2.45) is 5.92 Å². The predicted octanol–water partition coefficient (Wildman–Crippen LogP) is 6.51. The van der Waals surface area contributed by atoms with Gasteiger partial charge in [0.05, 0.1) is 0 Å². The van der Waals surface area contributed by atoms with Crippen LogP contribution in [0.3, 0.4) is 0 Å². The molecule has 0 bridgehead atoms. The molecular weight excluding hydrogens is 204 g/mol. The summed E-state index contributed by atoms with van der Waals surface area (Å²) in [6.45, 7) is 8.49. The maximum atomic E-state index is 3.94. The van der Waals surface area contributed by atoms with Crippen LogP contribution in [0.5, 0.6) is 0 Å². The van der Waals surface area contributed by atoms with Crippen LogP contribution in [0.4, 0.5) is 0 Å². The van der Waals surface area contributed by atoms with Crippen molar-refractivity contribution in [3.63, 3.8) is 0 Å². The molecule has 0 fully saturated rings. The lowest BCUT2D eigenvalue weighted by Crippen LogP contribution is -1.95. The van der Waals surface area contributed by atoms with E-state index >= 15 is 0 Å². The summed E-state index contributed by atoms with van der Waals surface area (Å²) in [5.74, 6) is 0.782. The molecular formula is C17H34. The summed E-state index contributed by atoms with van der Waals surface area (Å²) in [5.41, 5.74) is 0. The average Bonchev–Trinajstić information content (AvgIpc) is 2.35. The third kappa shape index (κ3) is 12.0. The van der Waals surface area contributed by atoms with Gasteiger partial charge in [0.25, 0.3) is 0 Å². The predicted molar refractivity (Wildman–Crippen MR) is 80.4 cm³/mol. The number of unbranched alkanes of at least 4 members (excludes halogenated alkanes) is 8. The van der Waals surface area contributed by atoms with Gasteiger partial charge in [-0.15, -0.1) is 6.58 Å². The number of allylic oxidation sites excluding steroid dienone is 1. The topological polar surface area (TPSA) is 0 Å². The third-order valence-electron chi connectivity index (χ3n) is 3.67. The van der Waals surface area contributed by atoms with Gasteiger partial charge in [-0.3, -0.25) is 0 Å². The molecule has 0 aromatic carbocycles. The van der Waals surface area contributed by atoms with Crippen LogP contribution in [0.15, 0.2) is 12.7 Å². The average molecular weight is 238 g/mol. The van der Waals surface area contributed by atoms with E-state index in [0.717, 1.165) is 5.92 Å². The number of rotatable bonds is 13. The van der Waals surface area contributed by atoms with Crippen LogP contribution in [0, 0.1) is 5.92 Å². The molecule has 0 amide bonds. The maximum Gasteiger partial charge on any atom is -0.0236 e. The van der Waals surface area contributed by atoms with Crippen molar-refractivity contribution < 1.29 is 0 Å². The summed E-state index contributed by atoms with van der Waals surface area (Å²) in [7, 11) is 0. The second-order valence-corrected chi connectivity index (χ2v) is 5.40. The van der Waals surface area contributed by atoms with Gasteiger partial charge in [0.2, 0.25) is 0 Å². The van der Waals surface area contributed by atoms with Crippen molar-refractivity contribution in [1.29, 1.82) is 0 Å². The molecule has 0 saturated carbocycles. The van der Waals surface area contributed by atoms with Crippen molar-refractivity contribution in [2.45, 2.75) is 90.9 Å². The zero-order valence-corrected chi connectivity index (χ0v) is 12.3. The molecule has 0 heteroatoms. The van der Waals surface area contributed by atoms with Crippen LogP contribution < -0.4 is 0 Å². The van der Waals surface area contributed by atoms with E-state index in [9.17, 15) is 0 Å². The molecule has 0 nitrogen and oxygen atoms in total. The lowest BCUT2D eigenvalue weighted by atomic mass is 9.96. The van der Waals surface area contributed by atoms with Gasteiger partial charge in [-0.2, -0.15) is 0 Å². The van der Waals surface area contributed by atoms with Gasteiger partial charge in [-0.25, -0.2) is 0 Å². The van der Waals surface area contributed by atoms with Gasteiger partial charge >= 0.3 is 0 Å². The van der Waals surface area contributed by atoms with E-state index in [0.29, 0.717) is 0 Å². The van der Waals surface area contributed by atoms with Gasteiger partial charge < -0.3 is 0 Å². The van der Waals surface area contributed by atoms with Crippen molar-refractivity contribution in [3.8, 4) is 0 Å². The summed E-state index contributed by atoms with van der Waals surface area (Å²) < 4.78 is 0. The Labute approximate surface area is 110 Å². The Hall–Kier alpha value is -0.260. The summed E-state index contributed by atoms with van der Waals surface area (Å²) in [6, 6.07) is 0. The van der Waals surface area contributed by atoms with Crippen LogP contribution in [0.25, 0.3) is 0 Å². The van der Waals surface area contributed by atoms with E-state index in [1.54, 1.807) is 0 Å². The molecule has 0 aromatic heterocycles. The first-order valence-corrected chi connectivity index (χ1v) is 7.97. The normalized spacial score (nSPS) is 12.6. The second kappa shape index (κ2) is 13.8. The smallest absolute Gasteiger partial charge is 0.0236 e. The van der Waals surface area contributed by atoms with Crippen LogP contribution in [0.2, 0.25) is 0 Å². The van der Waals surface area contributed by atoms with E-state index in [1.165, 1.54) is 77.0 Å². The molecule has 0 aliphatic carbocycles. The Morgan fingerprint density at radius 2 is 1.24 bits per heavy atom. The zero-order valence-electron chi connectivity index (χ0n) is 12.3. The van der Waals surface area contributed by atoms with Gasteiger partial charge in [-0.05, 0) is 18.8 Å². The molecule has 0 spiro atoms. The summed E-state index contributed by atoms with van der Waals surface area (Å²) in [6.07, 6.45) is 19.1. The SMILES string of the molecule is C=CC(CCC)CCCCCCCCCCC. The van der Waals surface area contributed by atoms with Crippen molar-refractivity contribution in [2.75, 3.05) is 0 Å². The highest BCUT2D eigenvalue weighted by Crippen LogP contribution is 2.17. The molecule has 102 valence electrons. The standard InChI is InChI=1S/C17H34/c1-4-7-8-9-10-11-12-13-14-16-17(6-3)15-5-2/h6,17H,3-5,7-16H2,1-2H3. The minimum atomic E-state index is 0.782. The zero-order chi connectivity index (χ0) is 12.8. The van der Waals surface area contributed by atoms with Gasteiger partial charge in [0.15, 0.2) is 0 Å². The summed E-state index contributed by atoms with van der Waals surface area (Å²) >= 11 is 0. The molecule has 17 heavy (non-hydrogen) atoms. The van der Waals surface area contributed by atoms with E-state index in [2.05, 4.69) is 26.5 Å². The van der Waals surface area contributed by atoms with Crippen molar-refractivity contribution in [3.05, 3.63) is 12.7 Å². The molecule has 1 unspecified atom stereocenters. The largest absolute Gasteiger partial charge is 0.103 e. The number of hydrogen-bond donors (Lipinski definition) is 0. The molecule has 0 saturated heterocycles. The molecule has 0 radical (unpaired) electrons. The van der Waals surface area contributed by atoms with Crippen LogP contribution >= 0.6 is 0 Å². The lowest BCUT2D eigenvalue weighted by Gasteiger charge is -2.10. The first-order chi connectivity index (χ1) is 8.35. The van der Waals surface area contributed by atoms with Crippen LogP contribution in [-0.2, 0) is 0 Å². The van der Waals surface area contributed by atoms with E-state index in [1.807, 2.05) is 0 Å². The first kappa shape index (κ1) is 16.7. The molecule has 0 N–H and O–H groups in total. The summed E-state index contributed by atoms with van der Waals surface area (Å²) in [5, 5.41) is 0. The molecule has 0 aliphatic heterocycles. The molecule has 0 rings (SSSR count). The number of hydrogen-bond acceptors (Lipinski definition) is 0. The van der Waals surface area contributed by atoms with Gasteiger partial charge in [0.1, 0.15) is 0 Å². The van der Waals surface area contributed by atoms with E-state index in [4.69, 9.17) is 0 Å². The highest BCUT2D eigenvalue weighted by Gasteiger charge is 2.01. The fourth-order valence-corrected chi connectivity index (χ4v) is 2.47. The minimum absolute atomic E-state index is 0.782. The highest BCUT2D eigenvalue weighted by atomic mass is 14.1. The van der Waals surface area contributed by atoms with E-state index < -0.39 is 0 Å². The molecule has 1 atom stereocenters.